The summed E-state index contributed by atoms with van der Waals surface area (Å²) in [5.41, 5.74) is 1.12. The Morgan fingerprint density at radius 1 is 1.30 bits per heavy atom. The molecule has 20 heavy (non-hydrogen) atoms. The van der Waals surface area contributed by atoms with Crippen molar-refractivity contribution in [1.29, 1.82) is 0 Å². The highest BCUT2D eigenvalue weighted by Gasteiger charge is 2.29. The maximum absolute atomic E-state index is 12.3. The van der Waals surface area contributed by atoms with Crippen molar-refractivity contribution in [3.63, 3.8) is 0 Å². The van der Waals surface area contributed by atoms with Crippen LogP contribution in [0.25, 0.3) is 6.08 Å². The molecule has 3 nitrogen and oxygen atoms in total. The molecular formula is C16H22N2OS. The van der Waals surface area contributed by atoms with E-state index in [4.69, 9.17) is 0 Å². The van der Waals surface area contributed by atoms with Gasteiger partial charge >= 0.3 is 0 Å². The minimum Gasteiger partial charge on any atom is -0.335 e. The summed E-state index contributed by atoms with van der Waals surface area (Å²) in [5.74, 6) is 0.179. The maximum Gasteiger partial charge on any atom is 0.246 e. The maximum atomic E-state index is 12.3. The molecule has 108 valence electrons. The van der Waals surface area contributed by atoms with Crippen LogP contribution < -0.4 is 0 Å². The normalized spacial score (nSPS) is 24.0. The average molecular weight is 290 g/mol. The minimum absolute atomic E-state index is 0.179. The molecule has 2 fully saturated rings. The Labute approximate surface area is 124 Å². The standard InChI is InChI=1S/C16H22N2OS/c19-16(6-5-14-7-11-20-13-14)18-10-3-4-15(18)12-17-8-1-2-9-17/h5-7,11,13,15H,1-4,8-10,12H2/b6-5+/t15-/m0/s1. The van der Waals surface area contributed by atoms with Gasteiger partial charge in [0.05, 0.1) is 0 Å². The van der Waals surface area contributed by atoms with Gasteiger partial charge in [-0.15, -0.1) is 0 Å². The van der Waals surface area contributed by atoms with Crippen LogP contribution in [0.3, 0.4) is 0 Å². The van der Waals surface area contributed by atoms with Gasteiger partial charge in [0.2, 0.25) is 5.91 Å². The minimum atomic E-state index is 0.179. The Morgan fingerprint density at radius 2 is 2.15 bits per heavy atom. The second kappa shape index (κ2) is 6.55. The lowest BCUT2D eigenvalue weighted by molar-refractivity contribution is -0.127. The zero-order valence-electron chi connectivity index (χ0n) is 11.8. The van der Waals surface area contributed by atoms with Gasteiger partial charge in [-0.25, -0.2) is 0 Å². The summed E-state index contributed by atoms with van der Waals surface area (Å²) in [4.78, 5) is 16.9. The fraction of sp³-hybridized carbons (Fsp3) is 0.562. The van der Waals surface area contributed by atoms with Crippen LogP contribution >= 0.6 is 11.3 Å². The Bertz CT molecular complexity index is 463. The number of likely N-dealkylation sites (tertiary alicyclic amines) is 2. The number of thiophene rings is 1. The Hall–Kier alpha value is -1.13. The highest BCUT2D eigenvalue weighted by atomic mass is 32.1. The molecule has 4 heteroatoms. The van der Waals surface area contributed by atoms with Crippen molar-refractivity contribution in [3.8, 4) is 0 Å². The molecule has 2 saturated heterocycles. The molecule has 3 heterocycles. The first kappa shape index (κ1) is 13.8. The van der Waals surface area contributed by atoms with Gasteiger partial charge in [-0.3, -0.25) is 4.79 Å². The lowest BCUT2D eigenvalue weighted by Crippen LogP contribution is -2.41. The monoisotopic (exact) mass is 290 g/mol. The molecule has 1 amide bonds. The molecule has 1 aromatic heterocycles. The van der Waals surface area contributed by atoms with Crippen LogP contribution in [0.15, 0.2) is 22.9 Å². The van der Waals surface area contributed by atoms with Crippen molar-refractivity contribution >= 4 is 23.3 Å². The number of amides is 1. The SMILES string of the molecule is O=C(/C=C/c1ccsc1)N1CCC[C@H]1CN1CCCC1. The van der Waals surface area contributed by atoms with E-state index in [1.165, 1.54) is 25.9 Å². The van der Waals surface area contributed by atoms with Crippen LogP contribution in [-0.4, -0.2) is 47.9 Å². The summed E-state index contributed by atoms with van der Waals surface area (Å²) in [7, 11) is 0. The van der Waals surface area contributed by atoms with Gasteiger partial charge in [-0.05, 0) is 67.2 Å². The summed E-state index contributed by atoms with van der Waals surface area (Å²) in [5, 5.41) is 4.10. The molecular weight excluding hydrogens is 268 g/mol. The summed E-state index contributed by atoms with van der Waals surface area (Å²) >= 11 is 1.66. The van der Waals surface area contributed by atoms with Crippen LogP contribution in [0.4, 0.5) is 0 Å². The molecule has 0 aliphatic carbocycles. The van der Waals surface area contributed by atoms with Gasteiger partial charge in [0.15, 0.2) is 0 Å². The van der Waals surface area contributed by atoms with E-state index >= 15 is 0 Å². The van der Waals surface area contributed by atoms with Gasteiger partial charge in [0.25, 0.3) is 0 Å². The van der Waals surface area contributed by atoms with E-state index in [0.717, 1.165) is 31.5 Å². The van der Waals surface area contributed by atoms with E-state index in [1.54, 1.807) is 17.4 Å². The van der Waals surface area contributed by atoms with Gasteiger partial charge in [-0.2, -0.15) is 11.3 Å². The average Bonchev–Trinajstić information content (AvgIpc) is 3.19. The number of carbonyl (C=O) groups excluding carboxylic acids is 1. The largest absolute Gasteiger partial charge is 0.335 e. The fourth-order valence-electron chi connectivity index (χ4n) is 3.21. The van der Waals surface area contributed by atoms with Crippen LogP contribution in [0.5, 0.6) is 0 Å². The summed E-state index contributed by atoms with van der Waals surface area (Å²) < 4.78 is 0. The zero-order chi connectivity index (χ0) is 13.8. The number of rotatable bonds is 4. The fourth-order valence-corrected chi connectivity index (χ4v) is 3.84. The lowest BCUT2D eigenvalue weighted by atomic mass is 10.2. The summed E-state index contributed by atoms with van der Waals surface area (Å²) in [6.07, 6.45) is 8.62. The first-order valence-corrected chi connectivity index (χ1v) is 8.50. The molecule has 0 N–H and O–H groups in total. The van der Waals surface area contributed by atoms with Crippen molar-refractivity contribution in [3.05, 3.63) is 28.5 Å². The number of hydrogen-bond acceptors (Lipinski definition) is 3. The first-order valence-electron chi connectivity index (χ1n) is 7.56. The molecule has 0 saturated carbocycles. The molecule has 3 rings (SSSR count). The van der Waals surface area contributed by atoms with Crippen molar-refractivity contribution in [2.24, 2.45) is 0 Å². The third kappa shape index (κ3) is 3.30. The Balaban J connectivity index is 1.58. The van der Waals surface area contributed by atoms with Gasteiger partial charge in [0, 0.05) is 25.2 Å². The van der Waals surface area contributed by atoms with E-state index in [1.807, 2.05) is 17.5 Å². The lowest BCUT2D eigenvalue weighted by Gasteiger charge is -2.27. The van der Waals surface area contributed by atoms with Gasteiger partial charge in [-0.1, -0.05) is 0 Å². The van der Waals surface area contributed by atoms with Gasteiger partial charge in [0.1, 0.15) is 0 Å². The molecule has 0 aromatic carbocycles. The summed E-state index contributed by atoms with van der Waals surface area (Å²) in [6.45, 7) is 4.41. The van der Waals surface area contributed by atoms with Crippen molar-refractivity contribution in [2.75, 3.05) is 26.2 Å². The van der Waals surface area contributed by atoms with Crippen LogP contribution in [0.2, 0.25) is 0 Å². The summed E-state index contributed by atoms with van der Waals surface area (Å²) in [6, 6.07) is 2.47. The second-order valence-corrected chi connectivity index (χ2v) is 6.51. The number of carbonyl (C=O) groups is 1. The molecule has 1 aromatic rings. The van der Waals surface area contributed by atoms with Crippen molar-refractivity contribution < 1.29 is 4.79 Å². The van der Waals surface area contributed by atoms with E-state index < -0.39 is 0 Å². The van der Waals surface area contributed by atoms with Crippen molar-refractivity contribution in [2.45, 2.75) is 31.7 Å². The molecule has 1 atom stereocenters. The van der Waals surface area contributed by atoms with E-state index in [-0.39, 0.29) is 5.91 Å². The molecule has 0 radical (unpaired) electrons. The molecule has 0 spiro atoms. The quantitative estimate of drug-likeness (QED) is 0.796. The van der Waals surface area contributed by atoms with Crippen LogP contribution in [-0.2, 0) is 4.79 Å². The number of hydrogen-bond donors (Lipinski definition) is 0. The van der Waals surface area contributed by atoms with E-state index in [2.05, 4.69) is 15.2 Å². The highest BCUT2D eigenvalue weighted by Crippen LogP contribution is 2.21. The molecule has 0 unspecified atom stereocenters. The molecule has 2 aliphatic rings. The smallest absolute Gasteiger partial charge is 0.246 e. The third-order valence-electron chi connectivity index (χ3n) is 4.29. The topological polar surface area (TPSA) is 23.6 Å². The molecule has 0 bridgehead atoms. The Kier molecular flexibility index (Phi) is 4.53. The van der Waals surface area contributed by atoms with Crippen molar-refractivity contribution in [1.82, 2.24) is 9.80 Å². The zero-order valence-corrected chi connectivity index (χ0v) is 12.6. The first-order chi connectivity index (χ1) is 9.83. The third-order valence-corrected chi connectivity index (χ3v) is 4.99. The van der Waals surface area contributed by atoms with Crippen LogP contribution in [0.1, 0.15) is 31.2 Å². The highest BCUT2D eigenvalue weighted by molar-refractivity contribution is 7.08. The molecule has 2 aliphatic heterocycles. The predicted molar refractivity (Wildman–Crippen MR) is 83.8 cm³/mol. The number of nitrogens with zero attached hydrogens (tertiary/aromatic N) is 2. The Morgan fingerprint density at radius 3 is 2.90 bits per heavy atom. The van der Waals surface area contributed by atoms with Gasteiger partial charge < -0.3 is 9.80 Å². The van der Waals surface area contributed by atoms with Crippen LogP contribution in [0, 0.1) is 0 Å². The second-order valence-electron chi connectivity index (χ2n) is 5.73. The van der Waals surface area contributed by atoms with E-state index in [0.29, 0.717) is 6.04 Å². The van der Waals surface area contributed by atoms with E-state index in [9.17, 15) is 4.79 Å². The predicted octanol–water partition coefficient (Wildman–Crippen LogP) is 2.85.